The van der Waals surface area contributed by atoms with Crippen LogP contribution in [0.4, 0.5) is 0 Å². The summed E-state index contributed by atoms with van der Waals surface area (Å²) in [6.07, 6.45) is 5.64. The Balaban J connectivity index is 1.74. The summed E-state index contributed by atoms with van der Waals surface area (Å²) in [5.74, 6) is 1.54. The molecule has 172 valence electrons. The maximum absolute atomic E-state index is 13.3. The Morgan fingerprint density at radius 2 is 1.94 bits per heavy atom. The first kappa shape index (κ1) is 24.4. The van der Waals surface area contributed by atoms with Gasteiger partial charge in [-0.05, 0) is 60.4 Å². The van der Waals surface area contributed by atoms with Crippen molar-refractivity contribution in [2.45, 2.75) is 20.0 Å². The van der Waals surface area contributed by atoms with E-state index in [2.05, 4.69) is 11.9 Å². The molecule has 0 atom stereocenters. The number of benzene rings is 2. The summed E-state index contributed by atoms with van der Waals surface area (Å²) in [7, 11) is 1.63. The van der Waals surface area contributed by atoms with E-state index in [-0.39, 0.29) is 5.56 Å². The Hall–Kier alpha value is -3.28. The standard InChI is InChI=1S/C27H29ClN2O3/c1-4-24(32-3)13-10-20(2)18-29-19-22-16-21-11-12-23(28)17-26(21)30(27(22)31)14-15-33-25-8-6-5-7-9-25/h4-13,16-17,29H,2,14-15,18-19H2,1,3H3/b13-10-,24-4+. The van der Waals surface area contributed by atoms with Crippen molar-refractivity contribution in [3.63, 3.8) is 0 Å². The van der Waals surface area contributed by atoms with Crippen molar-refractivity contribution < 1.29 is 9.47 Å². The van der Waals surface area contributed by atoms with Crippen LogP contribution in [0.3, 0.4) is 0 Å². The Kier molecular flexibility index (Phi) is 8.93. The van der Waals surface area contributed by atoms with Gasteiger partial charge >= 0.3 is 0 Å². The molecular formula is C27H29ClN2O3. The van der Waals surface area contributed by atoms with E-state index >= 15 is 0 Å². The smallest absolute Gasteiger partial charge is 0.255 e. The van der Waals surface area contributed by atoms with Gasteiger partial charge in [-0.2, -0.15) is 0 Å². The molecule has 0 amide bonds. The second-order valence-corrected chi connectivity index (χ2v) is 7.92. The van der Waals surface area contributed by atoms with Gasteiger partial charge < -0.3 is 19.4 Å². The first-order valence-electron chi connectivity index (χ1n) is 10.8. The first-order chi connectivity index (χ1) is 16.0. The van der Waals surface area contributed by atoms with Crippen LogP contribution in [0.15, 0.2) is 95.5 Å². The first-order valence-corrected chi connectivity index (χ1v) is 11.2. The second-order valence-electron chi connectivity index (χ2n) is 7.48. The molecule has 0 radical (unpaired) electrons. The number of ether oxygens (including phenoxy) is 2. The van der Waals surface area contributed by atoms with Crippen LogP contribution in [0.25, 0.3) is 10.9 Å². The number of para-hydroxylation sites is 1. The van der Waals surface area contributed by atoms with E-state index in [1.807, 2.05) is 79.7 Å². The molecule has 0 aliphatic heterocycles. The molecule has 2 aromatic carbocycles. The van der Waals surface area contributed by atoms with Crippen LogP contribution in [0.5, 0.6) is 5.75 Å². The monoisotopic (exact) mass is 464 g/mol. The maximum Gasteiger partial charge on any atom is 0.255 e. The third-order valence-corrected chi connectivity index (χ3v) is 5.37. The van der Waals surface area contributed by atoms with Gasteiger partial charge in [0, 0.05) is 23.7 Å². The van der Waals surface area contributed by atoms with Gasteiger partial charge in [0.05, 0.1) is 19.2 Å². The lowest BCUT2D eigenvalue weighted by Crippen LogP contribution is -2.29. The number of aromatic nitrogens is 1. The molecule has 0 unspecified atom stereocenters. The number of nitrogens with one attached hydrogen (secondary N) is 1. The molecule has 6 heteroatoms. The van der Waals surface area contributed by atoms with Crippen molar-refractivity contribution in [1.29, 1.82) is 0 Å². The molecule has 3 rings (SSSR count). The van der Waals surface area contributed by atoms with E-state index in [9.17, 15) is 4.79 Å². The predicted molar refractivity (Wildman–Crippen MR) is 136 cm³/mol. The zero-order chi connectivity index (χ0) is 23.6. The van der Waals surface area contributed by atoms with Crippen LogP contribution >= 0.6 is 11.6 Å². The number of hydrogen-bond acceptors (Lipinski definition) is 4. The molecular weight excluding hydrogens is 436 g/mol. The van der Waals surface area contributed by atoms with E-state index in [1.165, 1.54) is 0 Å². The van der Waals surface area contributed by atoms with E-state index in [0.29, 0.717) is 36.8 Å². The fourth-order valence-electron chi connectivity index (χ4n) is 3.42. The normalized spacial score (nSPS) is 11.8. The van der Waals surface area contributed by atoms with Gasteiger partial charge in [-0.1, -0.05) is 48.5 Å². The van der Waals surface area contributed by atoms with Crippen LogP contribution in [0.1, 0.15) is 12.5 Å². The molecule has 0 aliphatic rings. The average Bonchev–Trinajstić information content (AvgIpc) is 2.82. The minimum Gasteiger partial charge on any atom is -0.497 e. The minimum absolute atomic E-state index is 0.0642. The summed E-state index contributed by atoms with van der Waals surface area (Å²) in [5.41, 5.74) is 2.28. The topological polar surface area (TPSA) is 52.5 Å². The summed E-state index contributed by atoms with van der Waals surface area (Å²) in [6, 6.07) is 17.1. The molecule has 1 aromatic heterocycles. The van der Waals surface area contributed by atoms with Crippen LogP contribution in [0, 0.1) is 0 Å². The molecule has 0 fully saturated rings. The maximum atomic E-state index is 13.3. The highest BCUT2D eigenvalue weighted by Gasteiger charge is 2.10. The summed E-state index contributed by atoms with van der Waals surface area (Å²) < 4.78 is 12.8. The summed E-state index contributed by atoms with van der Waals surface area (Å²) in [4.78, 5) is 13.3. The number of allylic oxidation sites excluding steroid dienone is 2. The zero-order valence-electron chi connectivity index (χ0n) is 19.0. The molecule has 0 saturated heterocycles. The fourth-order valence-corrected chi connectivity index (χ4v) is 3.59. The van der Waals surface area contributed by atoms with E-state index in [4.69, 9.17) is 21.1 Å². The van der Waals surface area contributed by atoms with Crippen molar-refractivity contribution in [1.82, 2.24) is 9.88 Å². The van der Waals surface area contributed by atoms with Crippen LogP contribution < -0.4 is 15.6 Å². The quantitative estimate of drug-likeness (QED) is 0.301. The van der Waals surface area contributed by atoms with Crippen molar-refractivity contribution in [2.24, 2.45) is 0 Å². The largest absolute Gasteiger partial charge is 0.497 e. The highest BCUT2D eigenvalue weighted by Crippen LogP contribution is 2.19. The third kappa shape index (κ3) is 6.85. The highest BCUT2D eigenvalue weighted by molar-refractivity contribution is 6.31. The van der Waals surface area contributed by atoms with Crippen molar-refractivity contribution in [3.05, 3.63) is 112 Å². The Labute approximate surface area is 199 Å². The average molecular weight is 465 g/mol. The SMILES string of the molecule is C=C(/C=C\C(=C/C)OC)CNCc1cc2ccc(Cl)cc2n(CCOc2ccccc2)c1=O. The predicted octanol–water partition coefficient (Wildman–Crippen LogP) is 5.49. The lowest BCUT2D eigenvalue weighted by atomic mass is 10.1. The summed E-state index contributed by atoms with van der Waals surface area (Å²) in [5, 5.41) is 4.84. The minimum atomic E-state index is -0.0642. The summed E-state index contributed by atoms with van der Waals surface area (Å²) >= 11 is 6.22. The van der Waals surface area contributed by atoms with Gasteiger partial charge in [0.25, 0.3) is 5.56 Å². The van der Waals surface area contributed by atoms with Gasteiger partial charge in [0.2, 0.25) is 0 Å². The van der Waals surface area contributed by atoms with Gasteiger partial charge in [-0.25, -0.2) is 0 Å². The molecule has 1 N–H and O–H groups in total. The number of rotatable bonds is 11. The second kappa shape index (κ2) is 12.1. The molecule has 0 spiro atoms. The molecule has 5 nitrogen and oxygen atoms in total. The lowest BCUT2D eigenvalue weighted by Gasteiger charge is -2.14. The van der Waals surface area contributed by atoms with Gasteiger partial charge in [0.1, 0.15) is 18.1 Å². The Morgan fingerprint density at radius 1 is 1.15 bits per heavy atom. The number of nitrogens with zero attached hydrogens (tertiary/aromatic N) is 1. The number of pyridine rings is 1. The number of methoxy groups -OCH3 is 1. The van der Waals surface area contributed by atoms with Crippen molar-refractivity contribution in [3.8, 4) is 5.75 Å². The number of fused-ring (bicyclic) bond motifs is 1. The zero-order valence-corrected chi connectivity index (χ0v) is 19.8. The third-order valence-electron chi connectivity index (χ3n) is 5.13. The van der Waals surface area contributed by atoms with E-state index in [1.54, 1.807) is 11.7 Å². The van der Waals surface area contributed by atoms with Gasteiger partial charge in [-0.3, -0.25) is 4.79 Å². The van der Waals surface area contributed by atoms with E-state index in [0.717, 1.165) is 28.0 Å². The molecule has 0 bridgehead atoms. The molecule has 3 aromatic rings. The van der Waals surface area contributed by atoms with E-state index < -0.39 is 0 Å². The summed E-state index contributed by atoms with van der Waals surface area (Å²) in [6.45, 7) is 7.71. The van der Waals surface area contributed by atoms with Crippen LogP contribution in [-0.4, -0.2) is 24.8 Å². The molecule has 33 heavy (non-hydrogen) atoms. The lowest BCUT2D eigenvalue weighted by molar-refractivity contribution is 0.298. The molecule has 0 saturated carbocycles. The molecule has 0 aliphatic carbocycles. The van der Waals surface area contributed by atoms with Crippen LogP contribution in [0.2, 0.25) is 5.02 Å². The Bertz CT molecular complexity index is 1210. The fraction of sp³-hybridized carbons (Fsp3) is 0.222. The Morgan fingerprint density at radius 3 is 2.67 bits per heavy atom. The van der Waals surface area contributed by atoms with Crippen molar-refractivity contribution in [2.75, 3.05) is 20.3 Å². The molecule has 1 heterocycles. The van der Waals surface area contributed by atoms with Gasteiger partial charge in [-0.15, -0.1) is 0 Å². The number of hydrogen-bond donors (Lipinski definition) is 1. The van der Waals surface area contributed by atoms with Gasteiger partial charge in [0.15, 0.2) is 0 Å². The van der Waals surface area contributed by atoms with Crippen molar-refractivity contribution >= 4 is 22.5 Å². The number of halogens is 1. The van der Waals surface area contributed by atoms with Crippen LogP contribution in [-0.2, 0) is 17.8 Å². The highest BCUT2D eigenvalue weighted by atomic mass is 35.5.